The summed E-state index contributed by atoms with van der Waals surface area (Å²) in [7, 11) is 0. The second-order valence-corrected chi connectivity index (χ2v) is 9.51. The first-order valence-electron chi connectivity index (χ1n) is 10.8. The summed E-state index contributed by atoms with van der Waals surface area (Å²) in [5.74, 6) is 2.91. The predicted molar refractivity (Wildman–Crippen MR) is 103 cm³/mol. The first-order chi connectivity index (χ1) is 13.2. The molecule has 5 nitrogen and oxygen atoms in total. The van der Waals surface area contributed by atoms with Crippen LogP contribution in [0.15, 0.2) is 24.5 Å². The minimum Gasteiger partial charge on any atom is -0.381 e. The van der Waals surface area contributed by atoms with Crippen LogP contribution in [0.5, 0.6) is 0 Å². The molecule has 0 spiro atoms. The maximum atomic E-state index is 13.1. The van der Waals surface area contributed by atoms with Gasteiger partial charge in [0.1, 0.15) is 0 Å². The van der Waals surface area contributed by atoms with E-state index >= 15 is 0 Å². The number of ether oxygens (including phenoxy) is 1. The zero-order valence-electron chi connectivity index (χ0n) is 16.0. The molecule has 0 radical (unpaired) electrons. The van der Waals surface area contributed by atoms with Crippen molar-refractivity contribution < 1.29 is 9.53 Å². The van der Waals surface area contributed by atoms with Gasteiger partial charge in [-0.05, 0) is 86.7 Å². The molecule has 2 N–H and O–H groups in total. The lowest BCUT2D eigenvalue weighted by atomic mass is 9.53. The molecule has 4 aliphatic carbocycles. The molecule has 2 amide bonds. The molecule has 27 heavy (non-hydrogen) atoms. The van der Waals surface area contributed by atoms with Crippen molar-refractivity contribution in [2.24, 2.45) is 23.7 Å². The molecule has 1 aromatic rings. The molecule has 0 aromatic carbocycles. The zero-order chi connectivity index (χ0) is 18.3. The number of rotatable bonds is 4. The van der Waals surface area contributed by atoms with Gasteiger partial charge in [-0.15, -0.1) is 0 Å². The highest BCUT2D eigenvalue weighted by Crippen LogP contribution is 2.55. The lowest BCUT2D eigenvalue weighted by Gasteiger charge is -2.56. The summed E-state index contributed by atoms with van der Waals surface area (Å²) in [5, 5.41) is 6.79. The summed E-state index contributed by atoms with van der Waals surface area (Å²) >= 11 is 0. The molecule has 146 valence electrons. The number of urea groups is 1. The summed E-state index contributed by atoms with van der Waals surface area (Å²) in [6.45, 7) is 1.55. The Bertz CT molecular complexity index is 636. The standard InChI is InChI=1S/C22H31N3O2/c26-21(25-22-11-15-8-16(12-22)10-17(9-15)13-22)24-20(18-3-6-27-7-4-18)19-2-1-5-23-14-19/h1-2,5,14-18,20H,3-4,6-13H2,(H2,24,25,26). The Hall–Kier alpha value is -1.62. The SMILES string of the molecule is O=C(NC(c1cccnc1)C1CCOCC1)NC12CC3CC(CC(C3)C1)C2. The molecule has 5 aliphatic rings. The molecule has 5 heteroatoms. The maximum Gasteiger partial charge on any atom is 0.315 e. The highest BCUT2D eigenvalue weighted by Gasteiger charge is 2.51. The normalized spacial score (nSPS) is 36.4. The van der Waals surface area contributed by atoms with E-state index in [9.17, 15) is 4.79 Å². The van der Waals surface area contributed by atoms with Gasteiger partial charge in [0.05, 0.1) is 6.04 Å². The fourth-order valence-corrected chi connectivity index (χ4v) is 6.76. The molecule has 4 saturated carbocycles. The summed E-state index contributed by atoms with van der Waals surface area (Å²) in [6, 6.07) is 4.06. The third kappa shape index (κ3) is 3.58. The van der Waals surface area contributed by atoms with Crippen molar-refractivity contribution in [3.05, 3.63) is 30.1 Å². The van der Waals surface area contributed by atoms with E-state index in [2.05, 4.69) is 21.7 Å². The van der Waals surface area contributed by atoms with Crippen molar-refractivity contribution in [2.45, 2.75) is 62.9 Å². The van der Waals surface area contributed by atoms with E-state index in [4.69, 9.17) is 4.74 Å². The Morgan fingerprint density at radius 3 is 2.37 bits per heavy atom. The number of nitrogens with one attached hydrogen (secondary N) is 2. The number of pyridine rings is 1. The minimum atomic E-state index is 0.0107. The predicted octanol–water partition coefficient (Wildman–Crippen LogP) is 3.82. The number of nitrogens with zero attached hydrogens (tertiary/aromatic N) is 1. The third-order valence-electron chi connectivity index (χ3n) is 7.48. The zero-order valence-corrected chi connectivity index (χ0v) is 16.0. The van der Waals surface area contributed by atoms with Gasteiger partial charge in [-0.25, -0.2) is 4.79 Å². The number of aromatic nitrogens is 1. The quantitative estimate of drug-likeness (QED) is 0.848. The van der Waals surface area contributed by atoms with Crippen molar-refractivity contribution >= 4 is 6.03 Å². The van der Waals surface area contributed by atoms with E-state index in [1.807, 2.05) is 12.3 Å². The minimum absolute atomic E-state index is 0.0107. The molecule has 1 aromatic heterocycles. The summed E-state index contributed by atoms with van der Waals surface area (Å²) in [6.07, 6.45) is 13.4. The highest BCUT2D eigenvalue weighted by atomic mass is 16.5. The molecular formula is C22H31N3O2. The number of hydrogen-bond acceptors (Lipinski definition) is 3. The van der Waals surface area contributed by atoms with Gasteiger partial charge in [0.25, 0.3) is 0 Å². The Balaban J connectivity index is 1.30. The molecule has 2 heterocycles. The van der Waals surface area contributed by atoms with E-state index in [1.54, 1.807) is 6.20 Å². The van der Waals surface area contributed by atoms with Crippen LogP contribution in [-0.2, 0) is 4.74 Å². The molecule has 1 aliphatic heterocycles. The number of hydrogen-bond donors (Lipinski definition) is 2. The monoisotopic (exact) mass is 369 g/mol. The molecule has 1 saturated heterocycles. The average molecular weight is 370 g/mol. The van der Waals surface area contributed by atoms with Crippen molar-refractivity contribution in [3.63, 3.8) is 0 Å². The van der Waals surface area contributed by atoms with Crippen LogP contribution in [0.4, 0.5) is 4.79 Å². The lowest BCUT2D eigenvalue weighted by Crippen LogP contribution is -2.61. The Morgan fingerprint density at radius 2 is 1.78 bits per heavy atom. The maximum absolute atomic E-state index is 13.1. The van der Waals surface area contributed by atoms with Crippen LogP contribution in [0.25, 0.3) is 0 Å². The Kier molecular flexibility index (Phi) is 4.58. The van der Waals surface area contributed by atoms with Crippen molar-refractivity contribution in [2.75, 3.05) is 13.2 Å². The summed E-state index contributed by atoms with van der Waals surface area (Å²) < 4.78 is 5.54. The van der Waals surface area contributed by atoms with Gasteiger partial charge < -0.3 is 15.4 Å². The molecule has 5 fully saturated rings. The molecule has 1 atom stereocenters. The second kappa shape index (κ2) is 7.08. The first-order valence-corrected chi connectivity index (χ1v) is 10.8. The third-order valence-corrected chi connectivity index (χ3v) is 7.48. The fraction of sp³-hybridized carbons (Fsp3) is 0.727. The number of carbonyl (C=O) groups excluding carboxylic acids is 1. The van der Waals surface area contributed by atoms with Crippen LogP contribution in [0.3, 0.4) is 0 Å². The highest BCUT2D eigenvalue weighted by molar-refractivity contribution is 5.75. The van der Waals surface area contributed by atoms with Crippen LogP contribution in [0.2, 0.25) is 0 Å². The van der Waals surface area contributed by atoms with E-state index in [1.165, 1.54) is 38.5 Å². The van der Waals surface area contributed by atoms with Crippen molar-refractivity contribution in [1.29, 1.82) is 0 Å². The van der Waals surface area contributed by atoms with Crippen molar-refractivity contribution in [1.82, 2.24) is 15.6 Å². The molecule has 6 rings (SSSR count). The fourth-order valence-electron chi connectivity index (χ4n) is 6.76. The second-order valence-electron chi connectivity index (χ2n) is 9.51. The molecular weight excluding hydrogens is 338 g/mol. The summed E-state index contributed by atoms with van der Waals surface area (Å²) in [5.41, 5.74) is 1.15. The molecule has 4 bridgehead atoms. The Morgan fingerprint density at radius 1 is 1.11 bits per heavy atom. The van der Waals surface area contributed by atoms with E-state index in [0.717, 1.165) is 49.4 Å². The smallest absolute Gasteiger partial charge is 0.315 e. The van der Waals surface area contributed by atoms with E-state index < -0.39 is 0 Å². The van der Waals surface area contributed by atoms with E-state index in [-0.39, 0.29) is 17.6 Å². The number of amides is 2. The van der Waals surface area contributed by atoms with Gasteiger partial charge in [0, 0.05) is 31.1 Å². The van der Waals surface area contributed by atoms with Crippen LogP contribution >= 0.6 is 0 Å². The van der Waals surface area contributed by atoms with Gasteiger partial charge >= 0.3 is 6.03 Å². The van der Waals surface area contributed by atoms with Crippen LogP contribution in [0.1, 0.15) is 63.0 Å². The van der Waals surface area contributed by atoms with E-state index in [0.29, 0.717) is 5.92 Å². The van der Waals surface area contributed by atoms with Gasteiger partial charge in [0.2, 0.25) is 0 Å². The van der Waals surface area contributed by atoms with Crippen LogP contribution in [0, 0.1) is 23.7 Å². The Labute approximate surface area is 161 Å². The van der Waals surface area contributed by atoms with Gasteiger partial charge in [0.15, 0.2) is 0 Å². The number of carbonyl (C=O) groups is 1. The largest absolute Gasteiger partial charge is 0.381 e. The lowest BCUT2D eigenvalue weighted by molar-refractivity contribution is -0.0140. The van der Waals surface area contributed by atoms with Crippen molar-refractivity contribution in [3.8, 4) is 0 Å². The molecule has 1 unspecified atom stereocenters. The first kappa shape index (κ1) is 17.5. The van der Waals surface area contributed by atoms with Gasteiger partial charge in [-0.2, -0.15) is 0 Å². The van der Waals surface area contributed by atoms with Gasteiger partial charge in [-0.3, -0.25) is 4.98 Å². The van der Waals surface area contributed by atoms with Gasteiger partial charge in [-0.1, -0.05) is 6.07 Å². The topological polar surface area (TPSA) is 63.2 Å². The van der Waals surface area contributed by atoms with Crippen LogP contribution in [-0.4, -0.2) is 29.8 Å². The summed E-state index contributed by atoms with van der Waals surface area (Å²) in [4.78, 5) is 17.4. The average Bonchev–Trinajstić information content (AvgIpc) is 2.66. The van der Waals surface area contributed by atoms with Crippen LogP contribution < -0.4 is 10.6 Å².